The van der Waals surface area contributed by atoms with E-state index in [1.807, 2.05) is 0 Å². The Morgan fingerprint density at radius 1 is 1.12 bits per heavy atom. The maximum Gasteiger partial charge on any atom is 0.331 e. The SMILES string of the molecule is O=C(/C=C/c1ccc(O)c(O)c1)OC1CC(O)CC(C(=O)NC2CC2)C1. The lowest BCUT2D eigenvalue weighted by Crippen LogP contribution is -2.41. The Bertz CT molecular complexity index is 712. The average Bonchev–Trinajstić information content (AvgIpc) is 3.39. The number of aliphatic hydroxyl groups excluding tert-OH is 1. The zero-order valence-electron chi connectivity index (χ0n) is 14.3. The molecule has 0 aliphatic heterocycles. The number of phenolic OH excluding ortho intramolecular Hbond substituents is 2. The van der Waals surface area contributed by atoms with Gasteiger partial charge in [0.05, 0.1) is 6.10 Å². The van der Waals surface area contributed by atoms with Gasteiger partial charge in [0, 0.05) is 24.5 Å². The van der Waals surface area contributed by atoms with Crippen LogP contribution in [0.2, 0.25) is 0 Å². The summed E-state index contributed by atoms with van der Waals surface area (Å²) >= 11 is 0. The molecule has 0 saturated heterocycles. The van der Waals surface area contributed by atoms with Crippen molar-refractivity contribution in [3.63, 3.8) is 0 Å². The lowest BCUT2D eigenvalue weighted by molar-refractivity contribution is -0.149. The van der Waals surface area contributed by atoms with Crippen LogP contribution in [0.15, 0.2) is 24.3 Å². The number of amides is 1. The third kappa shape index (κ3) is 4.98. The Hall–Kier alpha value is -2.54. The summed E-state index contributed by atoms with van der Waals surface area (Å²) in [4.78, 5) is 24.2. The van der Waals surface area contributed by atoms with Crippen LogP contribution in [-0.4, -0.2) is 45.4 Å². The normalized spacial score (nSPS) is 25.8. The molecule has 0 aromatic heterocycles. The van der Waals surface area contributed by atoms with Crippen molar-refractivity contribution in [3.05, 3.63) is 29.8 Å². The van der Waals surface area contributed by atoms with Gasteiger partial charge in [-0.15, -0.1) is 0 Å². The van der Waals surface area contributed by atoms with Crippen LogP contribution in [0.3, 0.4) is 0 Å². The summed E-state index contributed by atoms with van der Waals surface area (Å²) in [5, 5.41) is 31.6. The Morgan fingerprint density at radius 3 is 2.58 bits per heavy atom. The summed E-state index contributed by atoms with van der Waals surface area (Å²) < 4.78 is 5.36. The van der Waals surface area contributed by atoms with Gasteiger partial charge in [0.15, 0.2) is 11.5 Å². The number of nitrogens with one attached hydrogen (secondary N) is 1. The van der Waals surface area contributed by atoms with Gasteiger partial charge in [-0.05, 0) is 49.5 Å². The van der Waals surface area contributed by atoms with E-state index in [0.717, 1.165) is 12.8 Å². The zero-order chi connectivity index (χ0) is 18.7. The molecule has 2 saturated carbocycles. The predicted octanol–water partition coefficient (Wildman–Crippen LogP) is 1.46. The number of esters is 1. The number of aromatic hydroxyl groups is 2. The van der Waals surface area contributed by atoms with Gasteiger partial charge < -0.3 is 25.4 Å². The standard InChI is InChI=1S/C19H23NO6/c21-14-8-12(19(25)20-13-3-4-13)9-15(10-14)26-18(24)6-2-11-1-5-16(22)17(23)7-11/h1-2,5-7,12-15,21-23H,3-4,8-10H2,(H,20,25)/b6-2+. The van der Waals surface area contributed by atoms with Gasteiger partial charge in [-0.3, -0.25) is 4.79 Å². The summed E-state index contributed by atoms with van der Waals surface area (Å²) in [5.41, 5.74) is 0.530. The van der Waals surface area contributed by atoms with Crippen molar-refractivity contribution in [1.82, 2.24) is 5.32 Å². The minimum Gasteiger partial charge on any atom is -0.504 e. The number of phenols is 2. The first-order chi connectivity index (χ1) is 12.4. The largest absolute Gasteiger partial charge is 0.504 e. The number of hydrogen-bond donors (Lipinski definition) is 4. The molecule has 0 radical (unpaired) electrons. The number of carbonyl (C=O) groups is 2. The van der Waals surface area contributed by atoms with Crippen molar-refractivity contribution in [2.75, 3.05) is 0 Å². The van der Waals surface area contributed by atoms with Gasteiger partial charge in [0.2, 0.25) is 5.91 Å². The maximum atomic E-state index is 12.2. The van der Waals surface area contributed by atoms with Crippen LogP contribution in [-0.2, 0) is 14.3 Å². The molecule has 3 atom stereocenters. The molecule has 1 amide bonds. The smallest absolute Gasteiger partial charge is 0.331 e. The molecule has 7 heteroatoms. The van der Waals surface area contributed by atoms with Gasteiger partial charge in [0.1, 0.15) is 6.10 Å². The molecule has 1 aromatic rings. The molecule has 2 fully saturated rings. The van der Waals surface area contributed by atoms with Gasteiger partial charge in [-0.1, -0.05) is 6.07 Å². The highest BCUT2D eigenvalue weighted by molar-refractivity contribution is 5.87. The number of hydrogen-bond acceptors (Lipinski definition) is 6. The molecule has 3 unspecified atom stereocenters. The second-order valence-electron chi connectivity index (χ2n) is 6.98. The summed E-state index contributed by atoms with van der Waals surface area (Å²) in [5.74, 6) is -1.53. The first kappa shape index (κ1) is 18.3. The summed E-state index contributed by atoms with van der Waals surface area (Å²) in [6.45, 7) is 0. The van der Waals surface area contributed by atoms with E-state index in [9.17, 15) is 24.9 Å². The lowest BCUT2D eigenvalue weighted by atomic mass is 9.84. The highest BCUT2D eigenvalue weighted by atomic mass is 16.5. The van der Waals surface area contributed by atoms with E-state index in [0.29, 0.717) is 24.8 Å². The van der Waals surface area contributed by atoms with E-state index >= 15 is 0 Å². The van der Waals surface area contributed by atoms with Crippen LogP contribution in [0.25, 0.3) is 6.08 Å². The highest BCUT2D eigenvalue weighted by Gasteiger charge is 2.35. The molecule has 0 heterocycles. The molecule has 3 rings (SSSR count). The first-order valence-corrected chi connectivity index (χ1v) is 8.80. The monoisotopic (exact) mass is 361 g/mol. The number of ether oxygens (including phenoxy) is 1. The minimum absolute atomic E-state index is 0.0811. The topological polar surface area (TPSA) is 116 Å². The second kappa shape index (κ2) is 7.78. The fraction of sp³-hybridized carbons (Fsp3) is 0.474. The molecule has 1 aromatic carbocycles. The van der Waals surface area contributed by atoms with E-state index in [2.05, 4.69) is 5.32 Å². The molecule has 7 nitrogen and oxygen atoms in total. The number of rotatable bonds is 5. The molecule has 0 spiro atoms. The number of carbonyl (C=O) groups excluding carboxylic acids is 2. The maximum absolute atomic E-state index is 12.2. The molecular formula is C19H23NO6. The average molecular weight is 361 g/mol. The Morgan fingerprint density at radius 2 is 1.88 bits per heavy atom. The fourth-order valence-corrected chi connectivity index (χ4v) is 3.11. The van der Waals surface area contributed by atoms with Crippen molar-refractivity contribution in [2.24, 2.45) is 5.92 Å². The van der Waals surface area contributed by atoms with Gasteiger partial charge in [0.25, 0.3) is 0 Å². The van der Waals surface area contributed by atoms with Gasteiger partial charge in [-0.2, -0.15) is 0 Å². The van der Waals surface area contributed by atoms with E-state index in [1.165, 1.54) is 24.3 Å². The predicted molar refractivity (Wildman–Crippen MR) is 93.2 cm³/mol. The first-order valence-electron chi connectivity index (χ1n) is 8.80. The summed E-state index contributed by atoms with van der Waals surface area (Å²) in [6, 6.07) is 4.44. The van der Waals surface area contributed by atoms with Crippen molar-refractivity contribution >= 4 is 18.0 Å². The third-order valence-electron chi connectivity index (χ3n) is 4.63. The third-order valence-corrected chi connectivity index (χ3v) is 4.63. The molecule has 2 aliphatic rings. The lowest BCUT2D eigenvalue weighted by Gasteiger charge is -2.31. The quantitative estimate of drug-likeness (QED) is 0.358. The zero-order valence-corrected chi connectivity index (χ0v) is 14.3. The van der Waals surface area contributed by atoms with Crippen molar-refractivity contribution in [3.8, 4) is 11.5 Å². The van der Waals surface area contributed by atoms with Crippen LogP contribution in [0, 0.1) is 5.92 Å². The highest BCUT2D eigenvalue weighted by Crippen LogP contribution is 2.29. The van der Waals surface area contributed by atoms with Crippen LogP contribution >= 0.6 is 0 Å². The van der Waals surface area contributed by atoms with Gasteiger partial charge >= 0.3 is 5.97 Å². The van der Waals surface area contributed by atoms with E-state index in [4.69, 9.17) is 4.74 Å². The van der Waals surface area contributed by atoms with E-state index < -0.39 is 18.2 Å². The Balaban J connectivity index is 1.54. The summed E-state index contributed by atoms with van der Waals surface area (Å²) in [6.07, 6.45) is 4.57. The van der Waals surface area contributed by atoms with Crippen LogP contribution < -0.4 is 5.32 Å². The Kier molecular flexibility index (Phi) is 5.46. The number of aliphatic hydroxyl groups is 1. The molecule has 26 heavy (non-hydrogen) atoms. The van der Waals surface area contributed by atoms with Crippen LogP contribution in [0.5, 0.6) is 11.5 Å². The van der Waals surface area contributed by atoms with E-state index in [-0.39, 0.29) is 29.4 Å². The molecule has 140 valence electrons. The minimum atomic E-state index is -0.672. The fourth-order valence-electron chi connectivity index (χ4n) is 3.11. The molecular weight excluding hydrogens is 338 g/mol. The number of benzene rings is 1. The second-order valence-corrected chi connectivity index (χ2v) is 6.98. The molecule has 2 aliphatic carbocycles. The van der Waals surface area contributed by atoms with Crippen molar-refractivity contribution in [2.45, 2.75) is 50.4 Å². The van der Waals surface area contributed by atoms with Crippen LogP contribution in [0.4, 0.5) is 0 Å². The molecule has 0 bridgehead atoms. The van der Waals surface area contributed by atoms with Crippen LogP contribution in [0.1, 0.15) is 37.7 Å². The summed E-state index contributed by atoms with van der Waals surface area (Å²) in [7, 11) is 0. The van der Waals surface area contributed by atoms with E-state index in [1.54, 1.807) is 6.07 Å². The molecule has 4 N–H and O–H groups in total. The van der Waals surface area contributed by atoms with Crippen molar-refractivity contribution < 1.29 is 29.6 Å². The Labute approximate surface area is 151 Å². The van der Waals surface area contributed by atoms with Crippen molar-refractivity contribution in [1.29, 1.82) is 0 Å². The van der Waals surface area contributed by atoms with Gasteiger partial charge in [-0.25, -0.2) is 4.79 Å².